The van der Waals surface area contributed by atoms with Crippen LogP contribution in [-0.4, -0.2) is 31.1 Å². The van der Waals surface area contributed by atoms with Crippen LogP contribution in [0.1, 0.15) is 24.5 Å². The molecule has 2 rings (SSSR count). The average Bonchev–Trinajstić information content (AvgIpc) is 2.36. The molecule has 1 fully saturated rings. The summed E-state index contributed by atoms with van der Waals surface area (Å²) >= 11 is 0. The van der Waals surface area contributed by atoms with Crippen LogP contribution < -0.4 is 16.0 Å². The van der Waals surface area contributed by atoms with Crippen molar-refractivity contribution in [3.8, 4) is 0 Å². The first-order valence-electron chi connectivity index (χ1n) is 6.88. The molecule has 104 valence electrons. The number of amides is 1. The van der Waals surface area contributed by atoms with Gasteiger partial charge < -0.3 is 16.0 Å². The zero-order valence-electron chi connectivity index (χ0n) is 11.9. The van der Waals surface area contributed by atoms with Crippen LogP contribution in [0, 0.1) is 13.8 Å². The number of nitrogens with two attached hydrogens (primary N) is 1. The van der Waals surface area contributed by atoms with Crippen molar-refractivity contribution in [1.29, 1.82) is 0 Å². The lowest BCUT2D eigenvalue weighted by atomic mass is 10.0. The molecular formula is C15H23N3O. The van der Waals surface area contributed by atoms with Crippen LogP contribution >= 0.6 is 0 Å². The van der Waals surface area contributed by atoms with Gasteiger partial charge >= 0.3 is 0 Å². The van der Waals surface area contributed by atoms with Gasteiger partial charge in [0, 0.05) is 18.3 Å². The van der Waals surface area contributed by atoms with E-state index in [2.05, 4.69) is 36.2 Å². The number of hydrogen-bond acceptors (Lipinski definition) is 3. The second kappa shape index (κ2) is 5.61. The smallest absolute Gasteiger partial charge is 0.243 e. The largest absolute Gasteiger partial charge is 0.357 e. The van der Waals surface area contributed by atoms with Gasteiger partial charge in [-0.15, -0.1) is 0 Å². The maximum Gasteiger partial charge on any atom is 0.243 e. The van der Waals surface area contributed by atoms with Crippen LogP contribution in [0.4, 0.5) is 5.69 Å². The maximum atomic E-state index is 12.2. The number of anilines is 1. The number of nitrogens with zero attached hydrogens (tertiary/aromatic N) is 1. The summed E-state index contributed by atoms with van der Waals surface area (Å²) in [5.74, 6) is 0.0881. The van der Waals surface area contributed by atoms with E-state index >= 15 is 0 Å². The molecule has 0 saturated carbocycles. The molecular weight excluding hydrogens is 238 g/mol. The number of aryl methyl sites for hydroxylation is 1. The lowest BCUT2D eigenvalue weighted by Gasteiger charge is -2.40. The van der Waals surface area contributed by atoms with E-state index in [9.17, 15) is 4.79 Å². The monoisotopic (exact) mass is 261 g/mol. The third-order valence-corrected chi connectivity index (χ3v) is 3.86. The van der Waals surface area contributed by atoms with Crippen molar-refractivity contribution in [2.24, 2.45) is 5.73 Å². The van der Waals surface area contributed by atoms with Gasteiger partial charge in [0.25, 0.3) is 0 Å². The third kappa shape index (κ3) is 2.73. The lowest BCUT2D eigenvalue weighted by molar-refractivity contribution is -0.124. The number of rotatable bonds is 3. The van der Waals surface area contributed by atoms with E-state index in [1.165, 1.54) is 11.1 Å². The summed E-state index contributed by atoms with van der Waals surface area (Å²) in [5, 5.41) is 3.01. The molecule has 4 nitrogen and oxygen atoms in total. The molecule has 1 heterocycles. The molecule has 1 aliphatic rings. The van der Waals surface area contributed by atoms with Gasteiger partial charge in [-0.2, -0.15) is 0 Å². The predicted molar refractivity (Wildman–Crippen MR) is 78.3 cm³/mol. The molecule has 2 unspecified atom stereocenters. The zero-order chi connectivity index (χ0) is 14.0. The molecule has 1 saturated heterocycles. The molecule has 0 bridgehead atoms. The SMILES string of the molecule is Cc1cccc(N2CC(C)NC(=O)C2CCN)c1C. The Balaban J connectivity index is 2.37. The Morgan fingerprint density at radius 1 is 1.42 bits per heavy atom. The highest BCUT2D eigenvalue weighted by Gasteiger charge is 2.32. The van der Waals surface area contributed by atoms with Crippen molar-refractivity contribution in [1.82, 2.24) is 5.32 Å². The minimum atomic E-state index is -0.151. The minimum absolute atomic E-state index is 0.0881. The van der Waals surface area contributed by atoms with E-state index < -0.39 is 0 Å². The number of carbonyl (C=O) groups is 1. The van der Waals surface area contributed by atoms with Crippen molar-refractivity contribution >= 4 is 11.6 Å². The van der Waals surface area contributed by atoms with Gasteiger partial charge in [-0.1, -0.05) is 12.1 Å². The fraction of sp³-hybridized carbons (Fsp3) is 0.533. The van der Waals surface area contributed by atoms with Crippen molar-refractivity contribution in [2.45, 2.75) is 39.3 Å². The van der Waals surface area contributed by atoms with E-state index in [4.69, 9.17) is 5.73 Å². The normalized spacial score (nSPS) is 23.4. The Labute approximate surface area is 115 Å². The van der Waals surface area contributed by atoms with Crippen molar-refractivity contribution in [2.75, 3.05) is 18.0 Å². The van der Waals surface area contributed by atoms with Crippen LogP contribution in [0.5, 0.6) is 0 Å². The van der Waals surface area contributed by atoms with E-state index in [-0.39, 0.29) is 18.0 Å². The molecule has 0 aromatic heterocycles. The summed E-state index contributed by atoms with van der Waals surface area (Å²) in [4.78, 5) is 14.4. The van der Waals surface area contributed by atoms with Gasteiger partial charge in [-0.05, 0) is 50.9 Å². The predicted octanol–water partition coefficient (Wildman–Crippen LogP) is 1.35. The molecule has 1 aromatic carbocycles. The number of benzene rings is 1. The fourth-order valence-corrected chi connectivity index (χ4v) is 2.71. The highest BCUT2D eigenvalue weighted by atomic mass is 16.2. The Bertz CT molecular complexity index is 472. The molecule has 1 aliphatic heterocycles. The number of nitrogens with one attached hydrogen (secondary N) is 1. The zero-order valence-corrected chi connectivity index (χ0v) is 11.9. The number of carbonyl (C=O) groups excluding carboxylic acids is 1. The lowest BCUT2D eigenvalue weighted by Crippen LogP contribution is -2.60. The highest BCUT2D eigenvalue weighted by Crippen LogP contribution is 2.27. The number of hydrogen-bond donors (Lipinski definition) is 2. The van der Waals surface area contributed by atoms with Gasteiger partial charge in [0.05, 0.1) is 0 Å². The van der Waals surface area contributed by atoms with Crippen molar-refractivity contribution < 1.29 is 4.79 Å². The van der Waals surface area contributed by atoms with Crippen LogP contribution in [-0.2, 0) is 4.79 Å². The van der Waals surface area contributed by atoms with Gasteiger partial charge in [0.1, 0.15) is 6.04 Å². The minimum Gasteiger partial charge on any atom is -0.357 e. The van der Waals surface area contributed by atoms with Gasteiger partial charge in [0.2, 0.25) is 5.91 Å². The Morgan fingerprint density at radius 3 is 2.84 bits per heavy atom. The first-order valence-corrected chi connectivity index (χ1v) is 6.88. The molecule has 1 amide bonds. The molecule has 4 heteroatoms. The van der Waals surface area contributed by atoms with Gasteiger partial charge in [0.15, 0.2) is 0 Å². The summed E-state index contributed by atoms with van der Waals surface area (Å²) in [6, 6.07) is 6.26. The molecule has 0 radical (unpaired) electrons. The molecule has 19 heavy (non-hydrogen) atoms. The number of piperazine rings is 1. The molecule has 3 N–H and O–H groups in total. The summed E-state index contributed by atoms with van der Waals surface area (Å²) in [6.07, 6.45) is 0.686. The van der Waals surface area contributed by atoms with Gasteiger partial charge in [-0.3, -0.25) is 4.79 Å². The Morgan fingerprint density at radius 2 is 2.16 bits per heavy atom. The van der Waals surface area contributed by atoms with Crippen LogP contribution in [0.3, 0.4) is 0 Å². The topological polar surface area (TPSA) is 58.4 Å². The van der Waals surface area contributed by atoms with E-state index in [0.29, 0.717) is 13.0 Å². The molecule has 2 atom stereocenters. The van der Waals surface area contributed by atoms with E-state index in [1.54, 1.807) is 0 Å². The van der Waals surface area contributed by atoms with Crippen LogP contribution in [0.25, 0.3) is 0 Å². The Kier molecular flexibility index (Phi) is 4.10. The van der Waals surface area contributed by atoms with Crippen molar-refractivity contribution in [3.63, 3.8) is 0 Å². The third-order valence-electron chi connectivity index (χ3n) is 3.86. The van der Waals surface area contributed by atoms with Crippen LogP contribution in [0.15, 0.2) is 18.2 Å². The molecule has 1 aromatic rings. The summed E-state index contributed by atoms with van der Waals surface area (Å²) in [5.41, 5.74) is 9.31. The first kappa shape index (κ1) is 13.9. The van der Waals surface area contributed by atoms with E-state index in [1.807, 2.05) is 13.0 Å². The summed E-state index contributed by atoms with van der Waals surface area (Å²) in [7, 11) is 0. The Hall–Kier alpha value is -1.55. The second-order valence-corrected chi connectivity index (χ2v) is 5.37. The standard InChI is InChI=1S/C15H23N3O/c1-10-5-4-6-13(12(10)3)18-9-11(2)17-15(19)14(18)7-8-16/h4-6,11,14H,7-9,16H2,1-3H3,(H,17,19). The quantitative estimate of drug-likeness (QED) is 0.863. The van der Waals surface area contributed by atoms with Crippen molar-refractivity contribution in [3.05, 3.63) is 29.3 Å². The fourth-order valence-electron chi connectivity index (χ4n) is 2.71. The van der Waals surface area contributed by atoms with Gasteiger partial charge in [-0.25, -0.2) is 0 Å². The van der Waals surface area contributed by atoms with E-state index in [0.717, 1.165) is 12.2 Å². The second-order valence-electron chi connectivity index (χ2n) is 5.37. The first-order chi connectivity index (χ1) is 9.04. The summed E-state index contributed by atoms with van der Waals surface area (Å²) < 4.78 is 0. The van der Waals surface area contributed by atoms with Crippen LogP contribution in [0.2, 0.25) is 0 Å². The molecule has 0 spiro atoms. The average molecular weight is 261 g/mol. The maximum absolute atomic E-state index is 12.2. The molecule has 0 aliphatic carbocycles. The summed E-state index contributed by atoms with van der Waals surface area (Å²) in [6.45, 7) is 7.61. The highest BCUT2D eigenvalue weighted by molar-refractivity contribution is 5.87.